The summed E-state index contributed by atoms with van der Waals surface area (Å²) < 4.78 is 5.05. The molecule has 0 radical (unpaired) electrons. The quantitative estimate of drug-likeness (QED) is 0.834. The van der Waals surface area contributed by atoms with Crippen LogP contribution in [-0.2, 0) is 9.59 Å². The summed E-state index contributed by atoms with van der Waals surface area (Å²) in [7, 11) is 0. The van der Waals surface area contributed by atoms with E-state index in [1.807, 2.05) is 18.7 Å². The second-order valence-electron chi connectivity index (χ2n) is 7.60. The van der Waals surface area contributed by atoms with Crippen LogP contribution in [0.25, 0.3) is 0 Å². The Morgan fingerprint density at radius 2 is 1.78 bits per heavy atom. The highest BCUT2D eigenvalue weighted by atomic mass is 16.5. The molecule has 8 nitrogen and oxygen atoms in total. The van der Waals surface area contributed by atoms with Gasteiger partial charge in [0, 0.05) is 45.3 Å². The number of piperazine rings is 1. The van der Waals surface area contributed by atoms with Crippen molar-refractivity contribution in [2.24, 2.45) is 0 Å². The van der Waals surface area contributed by atoms with Crippen LogP contribution in [0.15, 0.2) is 10.6 Å². The minimum absolute atomic E-state index is 0.0970. The fourth-order valence-electron chi connectivity index (χ4n) is 3.73. The molecule has 2 aliphatic rings. The Morgan fingerprint density at radius 1 is 1.11 bits per heavy atom. The van der Waals surface area contributed by atoms with Crippen LogP contribution in [0.5, 0.6) is 0 Å². The number of aromatic nitrogens is 1. The number of aryl methyl sites for hydroxylation is 1. The van der Waals surface area contributed by atoms with E-state index in [9.17, 15) is 9.59 Å². The van der Waals surface area contributed by atoms with Gasteiger partial charge in [-0.2, -0.15) is 0 Å². The molecular formula is C19H31N5O3. The molecule has 1 aromatic heterocycles. The molecular weight excluding hydrogens is 346 g/mol. The molecule has 2 aliphatic heterocycles. The molecule has 3 heterocycles. The third kappa shape index (κ3) is 5.52. The predicted octanol–water partition coefficient (Wildman–Crippen LogP) is 1.33. The van der Waals surface area contributed by atoms with Crippen molar-refractivity contribution in [1.29, 1.82) is 0 Å². The molecule has 1 unspecified atom stereocenters. The van der Waals surface area contributed by atoms with Crippen LogP contribution in [0.2, 0.25) is 0 Å². The minimum Gasteiger partial charge on any atom is -0.342 e. The van der Waals surface area contributed by atoms with Gasteiger partial charge in [-0.05, 0) is 26.7 Å². The van der Waals surface area contributed by atoms with E-state index in [2.05, 4.69) is 20.3 Å². The molecule has 1 atom stereocenters. The number of carbonyl (C=O) groups is 2. The van der Waals surface area contributed by atoms with Gasteiger partial charge >= 0.3 is 0 Å². The SMILES string of the molecule is Cc1cc(NC(=O)C(C)N2CCN(CC(=O)N3CCCCCC3)CC2)on1. The third-order valence-electron chi connectivity index (χ3n) is 5.53. The number of rotatable bonds is 5. The zero-order valence-electron chi connectivity index (χ0n) is 16.4. The van der Waals surface area contributed by atoms with Gasteiger partial charge in [-0.15, -0.1) is 0 Å². The van der Waals surface area contributed by atoms with Gasteiger partial charge in [-0.1, -0.05) is 18.0 Å². The molecule has 0 aliphatic carbocycles. The summed E-state index contributed by atoms with van der Waals surface area (Å²) in [5.74, 6) is 0.531. The molecule has 1 aromatic rings. The van der Waals surface area contributed by atoms with Crippen molar-refractivity contribution >= 4 is 17.7 Å². The zero-order chi connectivity index (χ0) is 19.2. The fourth-order valence-corrected chi connectivity index (χ4v) is 3.73. The van der Waals surface area contributed by atoms with Gasteiger partial charge in [0.2, 0.25) is 17.7 Å². The van der Waals surface area contributed by atoms with Crippen LogP contribution in [0.1, 0.15) is 38.3 Å². The van der Waals surface area contributed by atoms with Crippen LogP contribution in [0.3, 0.4) is 0 Å². The van der Waals surface area contributed by atoms with Gasteiger partial charge in [0.1, 0.15) is 0 Å². The average molecular weight is 377 g/mol. The van der Waals surface area contributed by atoms with Gasteiger partial charge in [-0.25, -0.2) is 0 Å². The summed E-state index contributed by atoms with van der Waals surface area (Å²) in [6.07, 6.45) is 4.71. The topological polar surface area (TPSA) is 81.9 Å². The number of hydrogen-bond donors (Lipinski definition) is 1. The maximum absolute atomic E-state index is 12.5. The summed E-state index contributed by atoms with van der Waals surface area (Å²) in [6.45, 7) is 9.16. The molecule has 0 spiro atoms. The van der Waals surface area contributed by atoms with Crippen molar-refractivity contribution < 1.29 is 14.1 Å². The zero-order valence-corrected chi connectivity index (χ0v) is 16.4. The van der Waals surface area contributed by atoms with E-state index < -0.39 is 0 Å². The molecule has 27 heavy (non-hydrogen) atoms. The number of hydrogen-bond acceptors (Lipinski definition) is 6. The van der Waals surface area contributed by atoms with E-state index >= 15 is 0 Å². The summed E-state index contributed by atoms with van der Waals surface area (Å²) in [5.41, 5.74) is 0.737. The number of likely N-dealkylation sites (tertiary alicyclic amines) is 1. The van der Waals surface area contributed by atoms with Crippen LogP contribution in [0, 0.1) is 6.92 Å². The van der Waals surface area contributed by atoms with E-state index in [-0.39, 0.29) is 17.9 Å². The van der Waals surface area contributed by atoms with E-state index in [0.29, 0.717) is 12.4 Å². The Morgan fingerprint density at radius 3 is 2.37 bits per heavy atom. The molecule has 8 heteroatoms. The van der Waals surface area contributed by atoms with E-state index in [1.165, 1.54) is 12.8 Å². The van der Waals surface area contributed by atoms with Crippen molar-refractivity contribution in [1.82, 2.24) is 19.9 Å². The molecule has 0 saturated carbocycles. The largest absolute Gasteiger partial charge is 0.342 e. The lowest BCUT2D eigenvalue weighted by atomic mass is 10.2. The first kappa shape index (κ1) is 19.8. The Hall–Kier alpha value is -1.93. The number of anilines is 1. The van der Waals surface area contributed by atoms with Gasteiger partial charge in [-0.3, -0.25) is 24.7 Å². The maximum atomic E-state index is 12.5. The van der Waals surface area contributed by atoms with Crippen molar-refractivity contribution in [3.8, 4) is 0 Å². The van der Waals surface area contributed by atoms with Crippen LogP contribution in [-0.4, -0.2) is 83.5 Å². The summed E-state index contributed by atoms with van der Waals surface area (Å²) in [6, 6.07) is 1.45. The van der Waals surface area contributed by atoms with Crippen molar-refractivity contribution in [3.05, 3.63) is 11.8 Å². The lowest BCUT2D eigenvalue weighted by Crippen LogP contribution is -2.54. The second-order valence-corrected chi connectivity index (χ2v) is 7.60. The highest BCUT2D eigenvalue weighted by molar-refractivity contribution is 5.93. The third-order valence-corrected chi connectivity index (χ3v) is 5.53. The van der Waals surface area contributed by atoms with E-state index in [4.69, 9.17) is 4.52 Å². The van der Waals surface area contributed by atoms with Crippen molar-refractivity contribution in [2.45, 2.75) is 45.6 Å². The molecule has 150 valence electrons. The summed E-state index contributed by atoms with van der Waals surface area (Å²) >= 11 is 0. The van der Waals surface area contributed by atoms with Crippen LogP contribution >= 0.6 is 0 Å². The minimum atomic E-state index is -0.251. The van der Waals surface area contributed by atoms with Crippen LogP contribution in [0.4, 0.5) is 5.88 Å². The first-order chi connectivity index (χ1) is 13.0. The summed E-state index contributed by atoms with van der Waals surface area (Å²) in [5, 5.41) is 6.55. The monoisotopic (exact) mass is 377 g/mol. The molecule has 2 amide bonds. The first-order valence-corrected chi connectivity index (χ1v) is 10.0. The molecule has 2 fully saturated rings. The van der Waals surface area contributed by atoms with Gasteiger partial charge in [0.25, 0.3) is 0 Å². The maximum Gasteiger partial charge on any atom is 0.243 e. The predicted molar refractivity (Wildman–Crippen MR) is 102 cm³/mol. The molecule has 0 bridgehead atoms. The fraction of sp³-hybridized carbons (Fsp3) is 0.737. The van der Waals surface area contributed by atoms with Gasteiger partial charge < -0.3 is 9.42 Å². The Bertz CT molecular complexity index is 631. The standard InChI is InChI=1S/C19H31N5O3/c1-15-13-17(27-21-15)20-19(26)16(2)23-11-9-22(10-12-23)14-18(25)24-7-5-3-4-6-8-24/h13,16H,3-12,14H2,1-2H3,(H,20,26). The van der Waals surface area contributed by atoms with Crippen LogP contribution < -0.4 is 5.32 Å². The molecule has 0 aromatic carbocycles. The van der Waals surface area contributed by atoms with Crippen molar-refractivity contribution in [2.75, 3.05) is 51.1 Å². The highest BCUT2D eigenvalue weighted by Gasteiger charge is 2.27. The Kier molecular flexibility index (Phi) is 6.84. The molecule has 1 N–H and O–H groups in total. The van der Waals surface area contributed by atoms with Gasteiger partial charge in [0.15, 0.2) is 0 Å². The lowest BCUT2D eigenvalue weighted by molar-refractivity contribution is -0.133. The number of carbonyl (C=O) groups excluding carboxylic acids is 2. The average Bonchev–Trinajstić information content (AvgIpc) is 2.90. The molecule has 2 saturated heterocycles. The Balaban J connectivity index is 1.42. The van der Waals surface area contributed by atoms with Gasteiger partial charge in [0.05, 0.1) is 18.3 Å². The highest BCUT2D eigenvalue weighted by Crippen LogP contribution is 2.13. The van der Waals surface area contributed by atoms with E-state index in [0.717, 1.165) is 57.8 Å². The first-order valence-electron chi connectivity index (χ1n) is 10.0. The Labute approximate surface area is 160 Å². The smallest absolute Gasteiger partial charge is 0.243 e. The second kappa shape index (κ2) is 9.32. The van der Waals surface area contributed by atoms with E-state index in [1.54, 1.807) is 6.07 Å². The lowest BCUT2D eigenvalue weighted by Gasteiger charge is -2.37. The summed E-state index contributed by atoms with van der Waals surface area (Å²) in [4.78, 5) is 31.3. The van der Waals surface area contributed by atoms with Crippen molar-refractivity contribution in [3.63, 3.8) is 0 Å². The normalized spacial score (nSPS) is 20.9. The number of nitrogens with zero attached hydrogens (tertiary/aromatic N) is 4. The number of amides is 2. The number of nitrogens with one attached hydrogen (secondary N) is 1. The molecule has 3 rings (SSSR count).